The van der Waals surface area contributed by atoms with Crippen LogP contribution in [0.2, 0.25) is 0 Å². The molecule has 0 aliphatic carbocycles. The molecule has 7 nitrogen and oxygen atoms in total. The fraction of sp³-hybridized carbons (Fsp3) is 0.160. The van der Waals surface area contributed by atoms with Crippen LogP contribution in [0.1, 0.15) is 28.6 Å². The molecule has 0 aliphatic heterocycles. The number of ether oxygens (including phenoxy) is 1. The van der Waals surface area contributed by atoms with Crippen molar-refractivity contribution in [2.24, 2.45) is 0 Å². The fourth-order valence-electron chi connectivity index (χ4n) is 3.47. The van der Waals surface area contributed by atoms with Gasteiger partial charge in [0.15, 0.2) is 0 Å². The van der Waals surface area contributed by atoms with Gasteiger partial charge in [-0.2, -0.15) is 15.0 Å². The number of methoxy groups -OCH3 is 1. The maximum atomic E-state index is 5.97. The minimum absolute atomic E-state index is 0.0483. The smallest absolute Gasteiger partial charge is 0.232 e. The molecule has 0 saturated heterocycles. The van der Waals surface area contributed by atoms with E-state index in [1.807, 2.05) is 61.5 Å². The summed E-state index contributed by atoms with van der Waals surface area (Å²) in [6.45, 7) is 2.44. The van der Waals surface area contributed by atoms with Crippen molar-refractivity contribution in [1.29, 1.82) is 0 Å². The van der Waals surface area contributed by atoms with Crippen molar-refractivity contribution >= 4 is 17.6 Å². The minimum Gasteiger partial charge on any atom is -0.497 e. The monoisotopic (exact) mass is 426 g/mol. The Morgan fingerprint density at radius 1 is 0.844 bits per heavy atom. The summed E-state index contributed by atoms with van der Waals surface area (Å²) >= 11 is 0. The molecule has 0 spiro atoms. The van der Waals surface area contributed by atoms with Crippen molar-refractivity contribution < 1.29 is 4.74 Å². The van der Waals surface area contributed by atoms with Gasteiger partial charge in [-0.25, -0.2) is 0 Å². The molecule has 4 rings (SSSR count). The minimum atomic E-state index is -0.0483. The van der Waals surface area contributed by atoms with Crippen LogP contribution in [0, 0.1) is 6.92 Å². The van der Waals surface area contributed by atoms with E-state index >= 15 is 0 Å². The molecule has 1 heterocycles. The number of hydrogen-bond acceptors (Lipinski definition) is 7. The third-order valence-electron chi connectivity index (χ3n) is 5.14. The van der Waals surface area contributed by atoms with Crippen molar-refractivity contribution in [3.05, 3.63) is 101 Å². The molecule has 1 unspecified atom stereocenters. The maximum absolute atomic E-state index is 5.97. The third-order valence-corrected chi connectivity index (χ3v) is 5.14. The van der Waals surface area contributed by atoms with Gasteiger partial charge in [0.1, 0.15) is 11.6 Å². The summed E-state index contributed by atoms with van der Waals surface area (Å²) < 4.78 is 5.30. The van der Waals surface area contributed by atoms with Crippen LogP contribution >= 0.6 is 0 Å². The quantitative estimate of drug-likeness (QED) is 0.384. The molecule has 0 amide bonds. The highest BCUT2D eigenvalue weighted by atomic mass is 16.5. The molecule has 0 radical (unpaired) electrons. The van der Waals surface area contributed by atoms with Gasteiger partial charge in [-0.3, -0.25) is 5.32 Å². The second kappa shape index (κ2) is 9.89. The normalized spacial score (nSPS) is 11.7. The van der Waals surface area contributed by atoms with Crippen LogP contribution in [0.4, 0.5) is 17.6 Å². The topological polar surface area (TPSA) is 98.0 Å². The molecule has 0 bridgehead atoms. The van der Waals surface area contributed by atoms with Gasteiger partial charge >= 0.3 is 0 Å². The summed E-state index contributed by atoms with van der Waals surface area (Å²) in [5.74, 6) is 1.97. The largest absolute Gasteiger partial charge is 0.497 e. The molecule has 1 aromatic heterocycles. The van der Waals surface area contributed by atoms with Crippen LogP contribution < -0.4 is 21.1 Å². The molecule has 7 heteroatoms. The van der Waals surface area contributed by atoms with E-state index in [-0.39, 0.29) is 12.0 Å². The summed E-state index contributed by atoms with van der Waals surface area (Å²) in [6, 6.07) is 26.2. The number of nitrogens with two attached hydrogens (primary N) is 1. The predicted octanol–water partition coefficient (Wildman–Crippen LogP) is 4.39. The lowest BCUT2D eigenvalue weighted by Gasteiger charge is -2.20. The summed E-state index contributed by atoms with van der Waals surface area (Å²) in [5.41, 5.74) is 10.2. The lowest BCUT2D eigenvalue weighted by Crippen LogP contribution is -2.24. The highest BCUT2D eigenvalue weighted by Gasteiger charge is 2.15. The van der Waals surface area contributed by atoms with Crippen molar-refractivity contribution in [2.75, 3.05) is 18.2 Å². The van der Waals surface area contributed by atoms with Crippen LogP contribution in [0.3, 0.4) is 0 Å². The van der Waals surface area contributed by atoms with E-state index in [2.05, 4.69) is 49.9 Å². The zero-order valence-corrected chi connectivity index (χ0v) is 18.1. The number of hydrogen-bond donors (Lipinski definition) is 3. The number of nitrogen functional groups attached to an aromatic ring is 1. The molecule has 3 aromatic carbocycles. The van der Waals surface area contributed by atoms with E-state index < -0.39 is 0 Å². The lowest BCUT2D eigenvalue weighted by molar-refractivity contribution is 0.414. The number of aromatic nitrogens is 3. The zero-order valence-electron chi connectivity index (χ0n) is 18.1. The number of anilines is 3. The average Bonchev–Trinajstić information content (AvgIpc) is 2.81. The van der Waals surface area contributed by atoms with Gasteiger partial charge in [-0.1, -0.05) is 60.7 Å². The van der Waals surface area contributed by atoms with E-state index in [0.29, 0.717) is 18.3 Å². The van der Waals surface area contributed by atoms with Crippen molar-refractivity contribution in [2.45, 2.75) is 19.5 Å². The second-order valence-electron chi connectivity index (χ2n) is 7.37. The Bertz CT molecular complexity index is 1160. The first-order valence-corrected chi connectivity index (χ1v) is 10.4. The van der Waals surface area contributed by atoms with E-state index in [1.54, 1.807) is 7.11 Å². The highest BCUT2D eigenvalue weighted by Crippen LogP contribution is 2.25. The summed E-state index contributed by atoms with van der Waals surface area (Å²) in [5, 5.41) is 6.79. The standard InChI is InChI=1S/C25H26N6O/c1-17-8-6-7-11-21(17)28-25-30-22(29-24(26)31-25)16-27-23(18-9-4-3-5-10-18)19-12-14-20(32-2)15-13-19/h3-15,23,27H,16H2,1-2H3,(H3,26,28,29,30,31). The van der Waals surface area contributed by atoms with Crippen molar-refractivity contribution in [1.82, 2.24) is 20.3 Å². The molecule has 32 heavy (non-hydrogen) atoms. The summed E-state index contributed by atoms with van der Waals surface area (Å²) in [6.07, 6.45) is 0. The van der Waals surface area contributed by atoms with Gasteiger partial charge in [-0.15, -0.1) is 0 Å². The maximum Gasteiger partial charge on any atom is 0.232 e. The van der Waals surface area contributed by atoms with Crippen molar-refractivity contribution in [3.8, 4) is 5.75 Å². The third kappa shape index (κ3) is 5.19. The molecule has 4 aromatic rings. The average molecular weight is 427 g/mol. The molecule has 0 saturated carbocycles. The van der Waals surface area contributed by atoms with Crippen LogP contribution in [-0.4, -0.2) is 22.1 Å². The predicted molar refractivity (Wildman–Crippen MR) is 127 cm³/mol. The zero-order chi connectivity index (χ0) is 22.3. The summed E-state index contributed by atoms with van der Waals surface area (Å²) in [4.78, 5) is 13.1. The first-order chi connectivity index (χ1) is 15.6. The first kappa shape index (κ1) is 21.3. The Kier molecular flexibility index (Phi) is 6.57. The number of aryl methyl sites for hydroxylation is 1. The number of nitrogens with one attached hydrogen (secondary N) is 2. The Morgan fingerprint density at radius 3 is 2.25 bits per heavy atom. The van der Waals surface area contributed by atoms with Crippen LogP contribution in [0.15, 0.2) is 78.9 Å². The first-order valence-electron chi connectivity index (χ1n) is 10.4. The summed E-state index contributed by atoms with van der Waals surface area (Å²) in [7, 11) is 1.66. The Hall–Kier alpha value is -3.97. The fourth-order valence-corrected chi connectivity index (χ4v) is 3.47. The van der Waals surface area contributed by atoms with Crippen LogP contribution in [-0.2, 0) is 6.54 Å². The van der Waals surface area contributed by atoms with Crippen LogP contribution in [0.5, 0.6) is 5.75 Å². The molecule has 0 aliphatic rings. The van der Waals surface area contributed by atoms with E-state index in [1.165, 1.54) is 0 Å². The van der Waals surface area contributed by atoms with Crippen molar-refractivity contribution in [3.63, 3.8) is 0 Å². The van der Waals surface area contributed by atoms with E-state index in [9.17, 15) is 0 Å². The van der Waals surface area contributed by atoms with Gasteiger partial charge in [-0.05, 0) is 41.8 Å². The molecule has 0 fully saturated rings. The molecular weight excluding hydrogens is 400 g/mol. The Balaban J connectivity index is 1.56. The molecule has 1 atom stereocenters. The van der Waals surface area contributed by atoms with Gasteiger partial charge in [0.05, 0.1) is 19.7 Å². The number of rotatable bonds is 8. The van der Waals surface area contributed by atoms with E-state index in [0.717, 1.165) is 28.1 Å². The van der Waals surface area contributed by atoms with Gasteiger partial charge < -0.3 is 15.8 Å². The SMILES string of the molecule is COc1ccc(C(NCc2nc(N)nc(Nc3ccccc3C)n2)c2ccccc2)cc1. The number of para-hydroxylation sites is 1. The number of benzene rings is 3. The lowest BCUT2D eigenvalue weighted by atomic mass is 9.98. The van der Waals surface area contributed by atoms with Gasteiger partial charge in [0.2, 0.25) is 11.9 Å². The van der Waals surface area contributed by atoms with Gasteiger partial charge in [0, 0.05) is 5.69 Å². The molecule has 162 valence electrons. The van der Waals surface area contributed by atoms with E-state index in [4.69, 9.17) is 10.5 Å². The molecule has 4 N–H and O–H groups in total. The Labute approximate surface area is 187 Å². The second-order valence-corrected chi connectivity index (χ2v) is 7.37. The van der Waals surface area contributed by atoms with Gasteiger partial charge in [0.25, 0.3) is 0 Å². The Morgan fingerprint density at radius 2 is 1.53 bits per heavy atom. The van der Waals surface area contributed by atoms with Crippen LogP contribution in [0.25, 0.3) is 0 Å². The number of nitrogens with zero attached hydrogens (tertiary/aromatic N) is 3. The highest BCUT2D eigenvalue weighted by molar-refractivity contribution is 5.58. The molecular formula is C25H26N6O.